The molecule has 7 heteroatoms. The zero-order chi connectivity index (χ0) is 9.30. The van der Waals surface area contributed by atoms with Crippen LogP contribution in [-0.4, -0.2) is 20.0 Å². The van der Waals surface area contributed by atoms with E-state index >= 15 is 0 Å². The van der Waals surface area contributed by atoms with E-state index in [1.165, 1.54) is 0 Å². The number of hydrogen-bond acceptors (Lipinski definition) is 2. The quantitative estimate of drug-likeness (QED) is 0.790. The fourth-order valence-corrected chi connectivity index (χ4v) is 3.34. The van der Waals surface area contributed by atoms with Gasteiger partial charge in [0.25, 0.3) is 0 Å². The molecule has 0 aliphatic rings. The number of aromatic nitrogens is 2. The van der Waals surface area contributed by atoms with Crippen molar-refractivity contribution in [2.24, 2.45) is 0 Å². The highest BCUT2D eigenvalue weighted by molar-refractivity contribution is 9.13. The highest BCUT2D eigenvalue weighted by atomic mass is 79.9. The molecule has 1 unspecified atom stereocenters. The van der Waals surface area contributed by atoms with Gasteiger partial charge in [0.15, 0.2) is 4.73 Å². The first kappa shape index (κ1) is 10.9. The van der Waals surface area contributed by atoms with Crippen LogP contribution >= 0.6 is 47.8 Å². The van der Waals surface area contributed by atoms with Crippen LogP contribution in [0.4, 0.5) is 0 Å². The molecule has 0 bridgehead atoms. The van der Waals surface area contributed by atoms with E-state index in [1.807, 2.05) is 0 Å². The summed E-state index contributed by atoms with van der Waals surface area (Å²) < 4.78 is 14.9. The summed E-state index contributed by atoms with van der Waals surface area (Å²) in [7, 11) is -0.882. The Morgan fingerprint density at radius 2 is 2.08 bits per heavy atom. The number of rotatable bonds is 2. The Balaban J connectivity index is 3.05. The molecular weight excluding hydrogens is 376 g/mol. The molecule has 1 aromatic heterocycles. The summed E-state index contributed by atoms with van der Waals surface area (Å²) in [5.74, 6) is 0.430. The second-order valence-electron chi connectivity index (χ2n) is 2.09. The van der Waals surface area contributed by atoms with Gasteiger partial charge in [-0.15, -0.1) is 0 Å². The van der Waals surface area contributed by atoms with Crippen LogP contribution in [0.15, 0.2) is 13.9 Å². The van der Waals surface area contributed by atoms with Gasteiger partial charge in [-0.2, -0.15) is 0 Å². The molecule has 1 heterocycles. The van der Waals surface area contributed by atoms with Crippen LogP contribution in [0.3, 0.4) is 0 Å². The van der Waals surface area contributed by atoms with Crippen molar-refractivity contribution in [2.45, 2.75) is 5.88 Å². The smallest absolute Gasteiger partial charge is 0.179 e. The standard InChI is InChI=1S/C5H5Br3N2OS/c1-12(11)2-10-4(7)3(6)9-5(10)8/h2H2,1H3. The summed E-state index contributed by atoms with van der Waals surface area (Å²) in [5, 5.41) is 0. The Bertz CT molecular complexity index is 325. The molecule has 0 aliphatic carbocycles. The lowest BCUT2D eigenvalue weighted by atomic mass is 10.9. The van der Waals surface area contributed by atoms with Gasteiger partial charge < -0.3 is 0 Å². The summed E-state index contributed by atoms with van der Waals surface area (Å²) in [6, 6.07) is 0. The molecule has 12 heavy (non-hydrogen) atoms. The average molecular weight is 381 g/mol. The van der Waals surface area contributed by atoms with Crippen molar-refractivity contribution in [1.29, 1.82) is 0 Å². The first-order chi connectivity index (χ1) is 5.52. The lowest BCUT2D eigenvalue weighted by Gasteiger charge is -2.01. The fraction of sp³-hybridized carbons (Fsp3) is 0.400. The van der Waals surface area contributed by atoms with Crippen LogP contribution in [0.5, 0.6) is 0 Å². The van der Waals surface area contributed by atoms with Crippen molar-refractivity contribution in [3.8, 4) is 0 Å². The molecule has 3 nitrogen and oxygen atoms in total. The van der Waals surface area contributed by atoms with Crippen molar-refractivity contribution in [3.63, 3.8) is 0 Å². The average Bonchev–Trinajstić information content (AvgIpc) is 2.16. The Morgan fingerprint density at radius 3 is 2.42 bits per heavy atom. The molecule has 0 fully saturated rings. The zero-order valence-corrected chi connectivity index (χ0v) is 11.6. The summed E-state index contributed by atoms with van der Waals surface area (Å²) in [6.07, 6.45) is 1.65. The Labute approximate surface area is 97.8 Å². The normalized spacial score (nSPS) is 13.3. The van der Waals surface area contributed by atoms with Crippen LogP contribution in [0, 0.1) is 0 Å². The second-order valence-corrected chi connectivity index (χ2v) is 5.71. The molecule has 1 aromatic rings. The number of nitrogens with zero attached hydrogens (tertiary/aromatic N) is 2. The molecule has 0 amide bonds. The van der Waals surface area contributed by atoms with Gasteiger partial charge >= 0.3 is 0 Å². The summed E-state index contributed by atoms with van der Waals surface area (Å²) in [5.41, 5.74) is 0. The Morgan fingerprint density at radius 1 is 1.50 bits per heavy atom. The monoisotopic (exact) mass is 378 g/mol. The molecular formula is C5H5Br3N2OS. The van der Waals surface area contributed by atoms with Gasteiger partial charge in [-0.3, -0.25) is 8.78 Å². The summed E-state index contributed by atoms with van der Waals surface area (Å²) >= 11 is 9.82. The lowest BCUT2D eigenvalue weighted by Crippen LogP contribution is -2.03. The van der Waals surface area contributed by atoms with Crippen LogP contribution < -0.4 is 0 Å². The van der Waals surface area contributed by atoms with Gasteiger partial charge in [-0.25, -0.2) is 4.98 Å². The van der Waals surface area contributed by atoms with Crippen LogP contribution in [0.25, 0.3) is 0 Å². The first-order valence-electron chi connectivity index (χ1n) is 2.89. The number of imidazole rings is 1. The maximum absolute atomic E-state index is 10.9. The van der Waals surface area contributed by atoms with Crippen molar-refractivity contribution >= 4 is 58.6 Å². The van der Waals surface area contributed by atoms with E-state index in [2.05, 4.69) is 52.8 Å². The van der Waals surface area contributed by atoms with Gasteiger partial charge in [0.2, 0.25) is 0 Å². The molecule has 0 N–H and O–H groups in total. The zero-order valence-electron chi connectivity index (χ0n) is 6.05. The predicted molar refractivity (Wildman–Crippen MR) is 59.4 cm³/mol. The van der Waals surface area contributed by atoms with E-state index in [9.17, 15) is 4.21 Å². The minimum Gasteiger partial charge on any atom is -0.300 e. The molecule has 0 saturated heterocycles. The Kier molecular flexibility index (Phi) is 3.94. The highest BCUT2D eigenvalue weighted by Gasteiger charge is 2.11. The van der Waals surface area contributed by atoms with E-state index in [0.29, 0.717) is 15.2 Å². The third-order valence-electron chi connectivity index (χ3n) is 1.13. The molecule has 0 radical (unpaired) electrons. The minimum absolute atomic E-state index is 0.430. The molecule has 68 valence electrons. The van der Waals surface area contributed by atoms with E-state index in [-0.39, 0.29) is 0 Å². The molecule has 0 aromatic carbocycles. The molecule has 1 atom stereocenters. The number of halogens is 3. The van der Waals surface area contributed by atoms with Crippen molar-refractivity contribution in [1.82, 2.24) is 9.55 Å². The first-order valence-corrected chi connectivity index (χ1v) is 7.00. The van der Waals surface area contributed by atoms with E-state index in [4.69, 9.17) is 0 Å². The van der Waals surface area contributed by atoms with Gasteiger partial charge in [-0.1, -0.05) is 0 Å². The summed E-state index contributed by atoms with van der Waals surface area (Å²) in [4.78, 5) is 4.08. The largest absolute Gasteiger partial charge is 0.300 e. The minimum atomic E-state index is -0.882. The van der Waals surface area contributed by atoms with Crippen LogP contribution in [0.2, 0.25) is 0 Å². The summed E-state index contributed by atoms with van der Waals surface area (Å²) in [6.45, 7) is 0. The van der Waals surface area contributed by atoms with Gasteiger partial charge in [0.05, 0.1) is 0 Å². The predicted octanol–water partition coefficient (Wildman–Crippen LogP) is 2.51. The van der Waals surface area contributed by atoms with E-state index in [1.54, 1.807) is 10.8 Å². The third-order valence-corrected chi connectivity index (χ3v) is 4.25. The molecule has 1 rings (SSSR count). The SMILES string of the molecule is CS(=O)Cn1c(Br)nc(Br)c1Br. The molecule has 0 aliphatic heterocycles. The lowest BCUT2D eigenvalue weighted by molar-refractivity contribution is 0.673. The van der Waals surface area contributed by atoms with Crippen molar-refractivity contribution in [2.75, 3.05) is 6.26 Å². The Hall–Kier alpha value is 0.800. The third kappa shape index (κ3) is 2.40. The van der Waals surface area contributed by atoms with Crippen LogP contribution in [-0.2, 0) is 16.7 Å². The maximum atomic E-state index is 10.9. The number of hydrogen-bond donors (Lipinski definition) is 0. The van der Waals surface area contributed by atoms with Gasteiger partial charge in [0.1, 0.15) is 15.1 Å². The second kappa shape index (κ2) is 4.34. The van der Waals surface area contributed by atoms with Crippen LogP contribution in [0.1, 0.15) is 0 Å². The van der Waals surface area contributed by atoms with E-state index in [0.717, 1.165) is 4.60 Å². The molecule has 0 spiro atoms. The topological polar surface area (TPSA) is 34.9 Å². The maximum Gasteiger partial charge on any atom is 0.179 e. The van der Waals surface area contributed by atoms with Gasteiger partial charge in [-0.05, 0) is 47.8 Å². The van der Waals surface area contributed by atoms with Gasteiger partial charge in [0, 0.05) is 17.1 Å². The van der Waals surface area contributed by atoms with Crippen molar-refractivity contribution < 1.29 is 4.21 Å². The fourth-order valence-electron chi connectivity index (χ4n) is 0.672. The van der Waals surface area contributed by atoms with Crippen molar-refractivity contribution in [3.05, 3.63) is 13.9 Å². The molecule has 0 saturated carbocycles. The van der Waals surface area contributed by atoms with E-state index < -0.39 is 10.8 Å². The highest BCUT2D eigenvalue weighted by Crippen LogP contribution is 2.26.